The summed E-state index contributed by atoms with van der Waals surface area (Å²) in [6, 6.07) is 0. The summed E-state index contributed by atoms with van der Waals surface area (Å²) in [7, 11) is 0. The predicted molar refractivity (Wildman–Crippen MR) is 26.7 cm³/mol. The molecule has 0 spiro atoms. The van der Waals surface area contributed by atoms with Gasteiger partial charge >= 0.3 is 17.1 Å². The summed E-state index contributed by atoms with van der Waals surface area (Å²) in [6.45, 7) is 5.39. The van der Waals surface area contributed by atoms with E-state index in [9.17, 15) is 4.79 Å². The van der Waals surface area contributed by atoms with Crippen molar-refractivity contribution in [3.05, 3.63) is 6.92 Å². The molecule has 0 N–H and O–H groups in total. The van der Waals surface area contributed by atoms with Gasteiger partial charge in [-0.25, -0.2) is 0 Å². The van der Waals surface area contributed by atoms with Gasteiger partial charge in [-0.15, -0.1) is 0 Å². The van der Waals surface area contributed by atoms with Crippen molar-refractivity contribution >= 4 is 11.8 Å². The summed E-state index contributed by atoms with van der Waals surface area (Å²) in [4.78, 5) is 18.2. The number of carboxylic acid groups (broad SMARTS) is 1. The van der Waals surface area contributed by atoms with Crippen LogP contribution < -0.4 is 5.11 Å². The Morgan fingerprint density at radius 2 is 1.33 bits per heavy atom. The molecule has 4 heteroatoms. The Morgan fingerprint density at radius 3 is 1.33 bits per heavy atom. The molecule has 0 fully saturated rings. The minimum atomic E-state index is -1.08. The van der Waals surface area contributed by atoms with Crippen LogP contribution in [0.25, 0.3) is 0 Å². The molecular weight excluding hydrogens is 164 g/mol. The molecule has 0 aliphatic heterocycles. The molecular formula is C5H8FeO3. The van der Waals surface area contributed by atoms with Gasteiger partial charge in [0.1, 0.15) is 0 Å². The van der Waals surface area contributed by atoms with Gasteiger partial charge in [0, 0.05) is 5.97 Å². The second kappa shape index (κ2) is 10.5. The number of carbonyl (C=O) groups is 2. The van der Waals surface area contributed by atoms with Crippen LogP contribution in [0.2, 0.25) is 0 Å². The van der Waals surface area contributed by atoms with Crippen molar-refractivity contribution in [1.82, 2.24) is 0 Å². The molecule has 0 unspecified atom stereocenters. The van der Waals surface area contributed by atoms with Crippen molar-refractivity contribution in [2.24, 2.45) is 0 Å². The molecule has 0 rings (SSSR count). The van der Waals surface area contributed by atoms with E-state index < -0.39 is 5.97 Å². The smallest absolute Gasteiger partial charge is 0.550 e. The number of Topliss-reactive ketones (excluding diaryl/α,β-unsaturated/α-hetero) is 1. The van der Waals surface area contributed by atoms with Crippen LogP contribution in [0.5, 0.6) is 0 Å². The summed E-state index contributed by atoms with van der Waals surface area (Å²) in [5.41, 5.74) is 0. The number of carbonyl (C=O) groups excluding carboxylic acids is 2. The van der Waals surface area contributed by atoms with Gasteiger partial charge in [-0.3, -0.25) is 0 Å². The molecule has 0 saturated heterocycles. The second-order valence-corrected chi connectivity index (χ2v) is 1.19. The van der Waals surface area contributed by atoms with Crippen LogP contribution in [0.1, 0.15) is 13.8 Å². The maximum atomic E-state index is 9.33. The SMILES string of the molecule is CC(=O)[O-].[CH2-]C(C)=O.[Fe+2]. The largest absolute Gasteiger partial charge is 2.00 e. The van der Waals surface area contributed by atoms with Crippen LogP contribution in [-0.4, -0.2) is 11.8 Å². The summed E-state index contributed by atoms with van der Waals surface area (Å²) >= 11 is 0. The predicted octanol–water partition coefficient (Wildman–Crippen LogP) is -0.837. The Kier molecular flexibility index (Phi) is 18.4. The Labute approximate surface area is 64.9 Å². The summed E-state index contributed by atoms with van der Waals surface area (Å²) < 4.78 is 0. The molecule has 0 aromatic carbocycles. The molecule has 0 saturated carbocycles. The molecule has 0 aliphatic carbocycles. The van der Waals surface area contributed by atoms with E-state index in [1.54, 1.807) is 0 Å². The molecule has 54 valence electrons. The first kappa shape index (κ1) is 15.8. The zero-order valence-corrected chi connectivity index (χ0v) is 6.39. The van der Waals surface area contributed by atoms with Crippen LogP contribution in [-0.2, 0) is 26.7 Å². The molecule has 0 radical (unpaired) electrons. The first-order valence-corrected chi connectivity index (χ1v) is 1.97. The second-order valence-electron chi connectivity index (χ2n) is 1.19. The van der Waals surface area contributed by atoms with Crippen LogP contribution in [0, 0.1) is 6.92 Å². The van der Waals surface area contributed by atoms with Crippen LogP contribution in [0.4, 0.5) is 0 Å². The van der Waals surface area contributed by atoms with Gasteiger partial charge < -0.3 is 21.6 Å². The molecule has 0 aromatic heterocycles. The van der Waals surface area contributed by atoms with Crippen molar-refractivity contribution in [2.75, 3.05) is 0 Å². The molecule has 0 bridgehead atoms. The van der Waals surface area contributed by atoms with Crippen LogP contribution in [0.15, 0.2) is 0 Å². The fraction of sp³-hybridized carbons (Fsp3) is 0.400. The average Bonchev–Trinajstić information content (AvgIpc) is 1.25. The third-order valence-electron chi connectivity index (χ3n) is 0. The van der Waals surface area contributed by atoms with E-state index in [1.807, 2.05) is 0 Å². The number of ketones is 1. The van der Waals surface area contributed by atoms with E-state index in [2.05, 4.69) is 6.92 Å². The van der Waals surface area contributed by atoms with E-state index >= 15 is 0 Å². The first-order chi connectivity index (χ1) is 3.46. The summed E-state index contributed by atoms with van der Waals surface area (Å²) in [5.74, 6) is -1.17. The number of hydrogen-bond acceptors (Lipinski definition) is 3. The van der Waals surface area contributed by atoms with Crippen LogP contribution in [0.3, 0.4) is 0 Å². The molecule has 0 aliphatic rings. The maximum absolute atomic E-state index is 9.33. The maximum Gasteiger partial charge on any atom is 2.00 e. The van der Waals surface area contributed by atoms with E-state index in [-0.39, 0.29) is 22.9 Å². The van der Waals surface area contributed by atoms with Crippen molar-refractivity contribution in [3.63, 3.8) is 0 Å². The van der Waals surface area contributed by atoms with Gasteiger partial charge in [0.2, 0.25) is 0 Å². The van der Waals surface area contributed by atoms with Crippen molar-refractivity contribution in [2.45, 2.75) is 13.8 Å². The van der Waals surface area contributed by atoms with Gasteiger partial charge in [-0.05, 0) is 19.6 Å². The molecule has 0 aromatic rings. The summed E-state index contributed by atoms with van der Waals surface area (Å²) in [5, 5.41) is 8.89. The summed E-state index contributed by atoms with van der Waals surface area (Å²) in [6.07, 6.45) is 0. The van der Waals surface area contributed by atoms with Gasteiger partial charge in [0.15, 0.2) is 0 Å². The quantitative estimate of drug-likeness (QED) is 0.353. The minimum Gasteiger partial charge on any atom is -0.550 e. The normalized spacial score (nSPS) is 5.56. The van der Waals surface area contributed by atoms with Gasteiger partial charge in [-0.1, -0.05) is 0 Å². The van der Waals surface area contributed by atoms with Gasteiger partial charge in [-0.2, -0.15) is 0 Å². The van der Waals surface area contributed by atoms with E-state index in [0.717, 1.165) is 6.92 Å². The average molecular weight is 172 g/mol. The fourth-order valence-electron chi connectivity index (χ4n) is 0. The minimum absolute atomic E-state index is 0. The number of hydrogen-bond donors (Lipinski definition) is 0. The standard InChI is InChI=1S/C3H5O.C2H4O2.Fe/c1-3(2)4;1-2(3)4;/h1H2,2H3;1H3,(H,3,4);/q-1;;+2/p-1. The molecule has 9 heavy (non-hydrogen) atoms. The number of aliphatic carboxylic acids is 1. The van der Waals surface area contributed by atoms with E-state index in [4.69, 9.17) is 9.90 Å². The van der Waals surface area contributed by atoms with E-state index in [1.165, 1.54) is 6.92 Å². The third-order valence-corrected chi connectivity index (χ3v) is 0. The Bertz CT molecular complexity index is 70.2. The van der Waals surface area contributed by atoms with E-state index in [0.29, 0.717) is 0 Å². The van der Waals surface area contributed by atoms with Crippen molar-refractivity contribution in [1.29, 1.82) is 0 Å². The first-order valence-electron chi connectivity index (χ1n) is 1.97. The molecule has 0 amide bonds. The molecule has 3 nitrogen and oxygen atoms in total. The van der Waals surface area contributed by atoms with Gasteiger partial charge in [0.05, 0.1) is 0 Å². The Hall–Kier alpha value is -0.471. The van der Waals surface area contributed by atoms with Crippen molar-refractivity contribution in [3.8, 4) is 0 Å². The zero-order chi connectivity index (χ0) is 7.15. The zero-order valence-electron chi connectivity index (χ0n) is 5.29. The molecule has 0 atom stereocenters. The topological polar surface area (TPSA) is 57.2 Å². The monoisotopic (exact) mass is 172 g/mol. The van der Waals surface area contributed by atoms with Crippen molar-refractivity contribution < 1.29 is 31.8 Å². The molecule has 0 heterocycles. The van der Waals surface area contributed by atoms with Crippen LogP contribution >= 0.6 is 0 Å². The third kappa shape index (κ3) is 1040. The van der Waals surface area contributed by atoms with Gasteiger partial charge in [0.25, 0.3) is 0 Å². The fourth-order valence-corrected chi connectivity index (χ4v) is 0. The number of carboxylic acids is 1. The Balaban J connectivity index is -0.0000000720. The Morgan fingerprint density at radius 1 is 1.33 bits per heavy atom. The number of rotatable bonds is 0.